The smallest absolute Gasteiger partial charge is 0.363 e. The normalized spacial score (nSPS) is 15.8. The molecule has 10 heteroatoms. The zero-order valence-corrected chi connectivity index (χ0v) is 19.4. The minimum absolute atomic E-state index is 0.143. The lowest BCUT2D eigenvalue weighted by Crippen LogP contribution is -2.34. The number of anilines is 2. The van der Waals surface area contributed by atoms with Crippen molar-refractivity contribution in [2.75, 3.05) is 23.3 Å². The second kappa shape index (κ2) is 8.37. The van der Waals surface area contributed by atoms with E-state index in [2.05, 4.69) is 20.3 Å². The Bertz CT molecular complexity index is 1440. The van der Waals surface area contributed by atoms with Crippen LogP contribution >= 0.6 is 0 Å². The average Bonchev–Trinajstić information content (AvgIpc) is 3.31. The van der Waals surface area contributed by atoms with E-state index in [1.165, 1.54) is 12.1 Å². The minimum Gasteiger partial charge on any atom is -0.363 e. The number of hydrogen-bond acceptors (Lipinski definition) is 6. The number of amidine groups is 1. The minimum atomic E-state index is -4.42. The van der Waals surface area contributed by atoms with Crippen LogP contribution in [0, 0.1) is 6.92 Å². The number of nitrogens with zero attached hydrogens (tertiary/aromatic N) is 5. The maximum Gasteiger partial charge on any atom is 0.416 e. The molecule has 0 saturated heterocycles. The summed E-state index contributed by atoms with van der Waals surface area (Å²) in [5.41, 5.74) is 1.80. The molecule has 0 spiro atoms. The van der Waals surface area contributed by atoms with Crippen LogP contribution in [-0.4, -0.2) is 33.5 Å². The first-order valence-electron chi connectivity index (χ1n) is 11.2. The van der Waals surface area contributed by atoms with E-state index in [4.69, 9.17) is 0 Å². The van der Waals surface area contributed by atoms with Gasteiger partial charge < -0.3 is 14.8 Å². The summed E-state index contributed by atoms with van der Waals surface area (Å²) in [5.74, 6) is 2.44. The van der Waals surface area contributed by atoms with Gasteiger partial charge in [-0.2, -0.15) is 13.2 Å². The van der Waals surface area contributed by atoms with Crippen LogP contribution in [0.4, 0.5) is 24.8 Å². The largest absolute Gasteiger partial charge is 0.416 e. The quantitative estimate of drug-likeness (QED) is 0.597. The number of pyridine rings is 1. The molecule has 0 unspecified atom stereocenters. The molecule has 0 fully saturated rings. The fraction of sp³-hybridized carbons (Fsp3) is 0.280. The van der Waals surface area contributed by atoms with Gasteiger partial charge in [-0.1, -0.05) is 18.2 Å². The molecule has 1 N–H and O–H groups in total. The van der Waals surface area contributed by atoms with Crippen molar-refractivity contribution in [1.82, 2.24) is 14.5 Å². The van der Waals surface area contributed by atoms with Gasteiger partial charge in [-0.15, -0.1) is 0 Å². The molecule has 0 amide bonds. The van der Waals surface area contributed by atoms with E-state index in [0.717, 1.165) is 23.5 Å². The second-order valence-electron chi connectivity index (χ2n) is 8.57. The summed E-state index contributed by atoms with van der Waals surface area (Å²) in [6.07, 6.45) is -2.53. The lowest BCUT2D eigenvalue weighted by Gasteiger charge is -2.30. The Morgan fingerprint density at radius 3 is 2.66 bits per heavy atom. The molecule has 0 saturated carbocycles. The zero-order chi connectivity index (χ0) is 24.9. The van der Waals surface area contributed by atoms with Gasteiger partial charge in [0.15, 0.2) is 0 Å². The molecule has 3 aromatic rings. The summed E-state index contributed by atoms with van der Waals surface area (Å²) >= 11 is 0. The van der Waals surface area contributed by atoms with E-state index < -0.39 is 17.8 Å². The summed E-state index contributed by atoms with van der Waals surface area (Å²) < 4.78 is 41.3. The number of aromatic nitrogens is 3. The van der Waals surface area contributed by atoms with Gasteiger partial charge in [-0.05, 0) is 43.7 Å². The fourth-order valence-electron chi connectivity index (χ4n) is 4.40. The van der Waals surface area contributed by atoms with Gasteiger partial charge in [-0.25, -0.2) is 9.97 Å². The van der Waals surface area contributed by atoms with E-state index in [1.807, 2.05) is 17.0 Å². The number of alkyl halides is 3. The molecule has 2 aromatic heterocycles. The Hall–Kier alpha value is -3.95. The van der Waals surface area contributed by atoms with Crippen molar-refractivity contribution in [2.24, 2.45) is 12.0 Å². The highest BCUT2D eigenvalue weighted by Crippen LogP contribution is 2.39. The van der Waals surface area contributed by atoms with Gasteiger partial charge in [0.05, 0.1) is 23.4 Å². The molecule has 0 bridgehead atoms. The molecule has 1 atom stereocenters. The van der Waals surface area contributed by atoms with Crippen molar-refractivity contribution in [3.8, 4) is 0 Å². The molecule has 180 valence electrons. The molecule has 4 heterocycles. The number of aliphatic imine (C=N–C) groups is 1. The Balaban J connectivity index is 1.60. The van der Waals surface area contributed by atoms with Crippen molar-refractivity contribution in [2.45, 2.75) is 26.1 Å². The van der Waals surface area contributed by atoms with E-state index in [1.54, 1.807) is 37.6 Å². The third-order valence-corrected chi connectivity index (χ3v) is 6.19. The highest BCUT2D eigenvalue weighted by atomic mass is 19.4. The van der Waals surface area contributed by atoms with Crippen LogP contribution in [0.25, 0.3) is 11.6 Å². The summed E-state index contributed by atoms with van der Waals surface area (Å²) in [6.45, 7) is 4.77. The molecule has 2 aliphatic rings. The van der Waals surface area contributed by atoms with Gasteiger partial charge in [-0.3, -0.25) is 9.79 Å². The number of aryl methyl sites for hydroxylation is 1. The van der Waals surface area contributed by atoms with Crippen LogP contribution in [0.15, 0.2) is 52.3 Å². The Labute approximate surface area is 199 Å². The molecule has 2 aliphatic heterocycles. The Kier molecular flexibility index (Phi) is 5.46. The van der Waals surface area contributed by atoms with Crippen LogP contribution in [0.3, 0.4) is 0 Å². The van der Waals surface area contributed by atoms with Gasteiger partial charge in [0, 0.05) is 31.3 Å². The lowest BCUT2D eigenvalue weighted by molar-refractivity contribution is -0.137. The first-order valence-corrected chi connectivity index (χ1v) is 11.2. The number of nitrogens with one attached hydrogen (secondary N) is 1. The standard InChI is InChI=1S/C25H23F3N6O/c1-14(16-6-4-7-17(12-16)25(26,27)28)30-22-19-13-18(20-8-5-9-21(35)33(20)3)23-29-10-11-34(23)24(19)32-15(2)31-22/h4-9,12-14H,10-11H2,1-3H3,(H,30,31,32)/t14-/m1/s1. The maximum atomic E-state index is 13.2. The van der Waals surface area contributed by atoms with Crippen LogP contribution < -0.4 is 15.8 Å². The lowest BCUT2D eigenvalue weighted by atomic mass is 10.0. The fourth-order valence-corrected chi connectivity index (χ4v) is 4.40. The average molecular weight is 480 g/mol. The number of rotatable bonds is 4. The van der Waals surface area contributed by atoms with E-state index in [0.29, 0.717) is 47.4 Å². The third kappa shape index (κ3) is 4.09. The van der Waals surface area contributed by atoms with E-state index >= 15 is 0 Å². The number of hydrogen-bond donors (Lipinski definition) is 1. The number of halogens is 3. The highest BCUT2D eigenvalue weighted by Gasteiger charge is 2.34. The zero-order valence-electron chi connectivity index (χ0n) is 19.4. The SMILES string of the molecule is Cc1nc(N[C@H](C)c2cccc(C(F)(F)F)c2)c2c(n1)N1CCN=C1C(c1cccc(=O)n1C)=C2. The number of benzene rings is 1. The highest BCUT2D eigenvalue weighted by molar-refractivity contribution is 6.35. The summed E-state index contributed by atoms with van der Waals surface area (Å²) in [4.78, 5) is 28.2. The molecule has 0 radical (unpaired) electrons. The predicted octanol–water partition coefficient (Wildman–Crippen LogP) is 4.45. The first kappa shape index (κ1) is 22.8. The molecule has 0 aliphatic carbocycles. The molecule has 5 rings (SSSR count). The van der Waals surface area contributed by atoms with E-state index in [9.17, 15) is 18.0 Å². The molecular formula is C25H23F3N6O. The van der Waals surface area contributed by atoms with Crippen molar-refractivity contribution in [3.05, 3.63) is 81.0 Å². The van der Waals surface area contributed by atoms with Gasteiger partial charge in [0.2, 0.25) is 0 Å². The molecule has 7 nitrogen and oxygen atoms in total. The predicted molar refractivity (Wildman–Crippen MR) is 129 cm³/mol. The van der Waals surface area contributed by atoms with Crippen LogP contribution in [0.1, 0.15) is 41.2 Å². The summed E-state index contributed by atoms with van der Waals surface area (Å²) in [5, 5.41) is 3.29. The Morgan fingerprint density at radius 1 is 1.11 bits per heavy atom. The van der Waals surface area contributed by atoms with Gasteiger partial charge in [0.1, 0.15) is 23.3 Å². The van der Waals surface area contributed by atoms with Crippen molar-refractivity contribution >= 4 is 29.1 Å². The first-order chi connectivity index (χ1) is 16.6. The molecule has 35 heavy (non-hydrogen) atoms. The van der Waals surface area contributed by atoms with Crippen molar-refractivity contribution in [3.63, 3.8) is 0 Å². The van der Waals surface area contributed by atoms with Gasteiger partial charge >= 0.3 is 6.18 Å². The van der Waals surface area contributed by atoms with Crippen LogP contribution in [-0.2, 0) is 13.2 Å². The van der Waals surface area contributed by atoms with Crippen LogP contribution in [0.5, 0.6) is 0 Å². The Morgan fingerprint density at radius 2 is 1.89 bits per heavy atom. The van der Waals surface area contributed by atoms with Crippen LogP contribution in [0.2, 0.25) is 0 Å². The summed E-state index contributed by atoms with van der Waals surface area (Å²) in [7, 11) is 1.70. The second-order valence-corrected chi connectivity index (χ2v) is 8.57. The molecular weight excluding hydrogens is 457 g/mol. The van der Waals surface area contributed by atoms with Crippen molar-refractivity contribution in [1.29, 1.82) is 0 Å². The monoisotopic (exact) mass is 480 g/mol. The summed E-state index contributed by atoms with van der Waals surface area (Å²) in [6, 6.07) is 9.84. The van der Waals surface area contributed by atoms with E-state index in [-0.39, 0.29) is 5.56 Å². The third-order valence-electron chi connectivity index (χ3n) is 6.19. The van der Waals surface area contributed by atoms with Crippen molar-refractivity contribution < 1.29 is 13.2 Å². The maximum absolute atomic E-state index is 13.2. The van der Waals surface area contributed by atoms with Gasteiger partial charge in [0.25, 0.3) is 5.56 Å². The topological polar surface area (TPSA) is 75.4 Å². The molecule has 1 aromatic carbocycles. The number of fused-ring (bicyclic) bond motifs is 3.